The Morgan fingerprint density at radius 2 is 1.53 bits per heavy atom. The fourth-order valence-corrected chi connectivity index (χ4v) is 4.41. The number of Topliss-reactive ketones (excluding diaryl/α,β-unsaturated/α-hetero) is 1. The molecule has 1 aliphatic rings. The van der Waals surface area contributed by atoms with Gasteiger partial charge in [0.25, 0.3) is 11.7 Å². The number of anilines is 1. The van der Waals surface area contributed by atoms with E-state index in [1.54, 1.807) is 30.3 Å². The van der Waals surface area contributed by atoms with Crippen molar-refractivity contribution in [1.82, 2.24) is 0 Å². The van der Waals surface area contributed by atoms with Crippen molar-refractivity contribution in [1.29, 1.82) is 0 Å². The number of nitrogens with zero attached hydrogens (tertiary/aromatic N) is 1. The Bertz CT molecular complexity index is 1280. The van der Waals surface area contributed by atoms with Gasteiger partial charge in [0.05, 0.1) is 24.8 Å². The van der Waals surface area contributed by atoms with E-state index in [1.165, 1.54) is 4.90 Å². The van der Waals surface area contributed by atoms with Gasteiger partial charge >= 0.3 is 0 Å². The minimum Gasteiger partial charge on any atom is -0.507 e. The highest BCUT2D eigenvalue weighted by Crippen LogP contribution is 2.43. The smallest absolute Gasteiger partial charge is 0.300 e. The molecule has 6 heteroatoms. The molecule has 3 aromatic carbocycles. The molecule has 0 aliphatic carbocycles. The van der Waals surface area contributed by atoms with Crippen LogP contribution in [-0.2, 0) is 9.59 Å². The molecule has 1 N–H and O–H groups in total. The number of carbonyl (C=O) groups is 2. The largest absolute Gasteiger partial charge is 0.507 e. The summed E-state index contributed by atoms with van der Waals surface area (Å²) in [5.41, 5.74) is 2.84. The minimum absolute atomic E-state index is 0.0331. The zero-order valence-electron chi connectivity index (χ0n) is 21.0. The molecule has 0 radical (unpaired) electrons. The summed E-state index contributed by atoms with van der Waals surface area (Å²) in [5.74, 6) is -0.0532. The van der Waals surface area contributed by atoms with Gasteiger partial charge in [-0.05, 0) is 79.4 Å². The summed E-state index contributed by atoms with van der Waals surface area (Å²) in [5, 5.41) is 11.3. The van der Waals surface area contributed by atoms with E-state index in [4.69, 9.17) is 9.47 Å². The van der Waals surface area contributed by atoms with E-state index in [0.29, 0.717) is 47.4 Å². The number of amides is 1. The van der Waals surface area contributed by atoms with E-state index in [1.807, 2.05) is 56.3 Å². The first-order valence-electron chi connectivity index (χ1n) is 12.2. The summed E-state index contributed by atoms with van der Waals surface area (Å²) in [6, 6.07) is 20.9. The molecule has 6 nitrogen and oxygen atoms in total. The van der Waals surface area contributed by atoms with E-state index in [2.05, 4.69) is 13.8 Å². The number of ketones is 1. The molecule has 0 spiro atoms. The summed E-state index contributed by atoms with van der Waals surface area (Å²) in [6.07, 6.45) is 0. The van der Waals surface area contributed by atoms with Crippen LogP contribution in [0.4, 0.5) is 5.69 Å². The van der Waals surface area contributed by atoms with Gasteiger partial charge in [-0.25, -0.2) is 0 Å². The molecule has 0 bridgehead atoms. The first-order chi connectivity index (χ1) is 17.3. The van der Waals surface area contributed by atoms with E-state index in [0.717, 1.165) is 5.56 Å². The average Bonchev–Trinajstić information content (AvgIpc) is 3.15. The van der Waals surface area contributed by atoms with Crippen LogP contribution in [0.1, 0.15) is 56.3 Å². The van der Waals surface area contributed by atoms with Crippen LogP contribution in [0, 0.1) is 0 Å². The zero-order chi connectivity index (χ0) is 25.8. The molecule has 186 valence electrons. The number of carbonyl (C=O) groups excluding carboxylic acids is 2. The molecule has 1 fully saturated rings. The zero-order valence-corrected chi connectivity index (χ0v) is 21.0. The molecule has 1 unspecified atom stereocenters. The Morgan fingerprint density at radius 3 is 2.14 bits per heavy atom. The van der Waals surface area contributed by atoms with Gasteiger partial charge in [-0.2, -0.15) is 0 Å². The molecule has 4 rings (SSSR count). The van der Waals surface area contributed by atoms with Crippen molar-refractivity contribution < 1.29 is 24.2 Å². The normalized spacial score (nSPS) is 17.0. The molecule has 1 amide bonds. The van der Waals surface area contributed by atoms with Crippen molar-refractivity contribution in [3.63, 3.8) is 0 Å². The van der Waals surface area contributed by atoms with Gasteiger partial charge in [-0.1, -0.05) is 38.1 Å². The van der Waals surface area contributed by atoms with Crippen molar-refractivity contribution in [2.75, 3.05) is 18.1 Å². The number of aliphatic hydroxyl groups excluding tert-OH is 1. The van der Waals surface area contributed by atoms with Gasteiger partial charge < -0.3 is 14.6 Å². The molecular formula is C30H31NO5. The van der Waals surface area contributed by atoms with E-state index in [-0.39, 0.29) is 11.3 Å². The maximum Gasteiger partial charge on any atom is 0.300 e. The van der Waals surface area contributed by atoms with Crippen LogP contribution in [0.3, 0.4) is 0 Å². The maximum absolute atomic E-state index is 13.4. The standard InChI is InChI=1S/C30H31NO5/c1-5-35-24-16-12-21(13-17-24)28(32)26-27(22-8-7-9-25(18-22)36-6-2)31(30(34)29(26)33)23-14-10-20(11-15-23)19(3)4/h7-19,27,32H,5-6H2,1-4H3/b28-26-. The molecule has 1 aliphatic heterocycles. The SMILES string of the molecule is CCOc1ccc(/C(O)=C2/C(=O)C(=O)N(c3ccc(C(C)C)cc3)C2c2cccc(OCC)c2)cc1. The van der Waals surface area contributed by atoms with Crippen LogP contribution in [-0.4, -0.2) is 30.0 Å². The Kier molecular flexibility index (Phi) is 7.44. The fourth-order valence-electron chi connectivity index (χ4n) is 4.41. The van der Waals surface area contributed by atoms with Crippen LogP contribution < -0.4 is 14.4 Å². The lowest BCUT2D eigenvalue weighted by molar-refractivity contribution is -0.132. The van der Waals surface area contributed by atoms with Crippen molar-refractivity contribution in [3.8, 4) is 11.5 Å². The van der Waals surface area contributed by atoms with Gasteiger partial charge in [0.1, 0.15) is 17.3 Å². The maximum atomic E-state index is 13.4. The summed E-state index contributed by atoms with van der Waals surface area (Å²) in [6.45, 7) is 8.96. The Morgan fingerprint density at radius 1 is 0.889 bits per heavy atom. The molecule has 3 aromatic rings. The quantitative estimate of drug-likeness (QED) is 0.232. The van der Waals surface area contributed by atoms with Crippen LogP contribution in [0.2, 0.25) is 0 Å². The number of rotatable bonds is 8. The fraction of sp³-hybridized carbons (Fsp3) is 0.267. The topological polar surface area (TPSA) is 76.1 Å². The van der Waals surface area contributed by atoms with E-state index < -0.39 is 17.7 Å². The Hall–Kier alpha value is -4.06. The van der Waals surface area contributed by atoms with E-state index >= 15 is 0 Å². The van der Waals surface area contributed by atoms with Crippen molar-refractivity contribution in [3.05, 3.63) is 95.1 Å². The third-order valence-electron chi connectivity index (χ3n) is 6.21. The molecule has 1 heterocycles. The summed E-state index contributed by atoms with van der Waals surface area (Å²) in [7, 11) is 0. The van der Waals surface area contributed by atoms with Gasteiger partial charge in [0.2, 0.25) is 0 Å². The third-order valence-corrected chi connectivity index (χ3v) is 6.21. The number of aliphatic hydroxyl groups is 1. The third kappa shape index (κ3) is 4.85. The Labute approximate surface area is 211 Å². The number of hydrogen-bond donors (Lipinski definition) is 1. The van der Waals surface area contributed by atoms with Crippen LogP contribution in [0.5, 0.6) is 11.5 Å². The molecule has 1 atom stereocenters. The van der Waals surface area contributed by atoms with Gasteiger partial charge in [0.15, 0.2) is 0 Å². The molecule has 1 saturated heterocycles. The predicted molar refractivity (Wildman–Crippen MR) is 141 cm³/mol. The number of hydrogen-bond acceptors (Lipinski definition) is 5. The molecule has 36 heavy (non-hydrogen) atoms. The highest BCUT2D eigenvalue weighted by molar-refractivity contribution is 6.51. The lowest BCUT2D eigenvalue weighted by Gasteiger charge is -2.26. The predicted octanol–water partition coefficient (Wildman–Crippen LogP) is 6.23. The van der Waals surface area contributed by atoms with Gasteiger partial charge in [-0.3, -0.25) is 14.5 Å². The van der Waals surface area contributed by atoms with Crippen molar-refractivity contribution in [2.24, 2.45) is 0 Å². The summed E-state index contributed by atoms with van der Waals surface area (Å²) < 4.78 is 11.2. The second kappa shape index (κ2) is 10.7. The molecular weight excluding hydrogens is 454 g/mol. The summed E-state index contributed by atoms with van der Waals surface area (Å²) in [4.78, 5) is 28.2. The first kappa shape index (κ1) is 25.0. The average molecular weight is 486 g/mol. The highest BCUT2D eigenvalue weighted by Gasteiger charge is 2.47. The Balaban J connectivity index is 1.87. The van der Waals surface area contributed by atoms with Crippen LogP contribution >= 0.6 is 0 Å². The highest BCUT2D eigenvalue weighted by atomic mass is 16.5. The monoisotopic (exact) mass is 485 g/mol. The van der Waals surface area contributed by atoms with Gasteiger partial charge in [0, 0.05) is 11.3 Å². The van der Waals surface area contributed by atoms with Crippen LogP contribution in [0.25, 0.3) is 5.76 Å². The minimum atomic E-state index is -0.818. The summed E-state index contributed by atoms with van der Waals surface area (Å²) >= 11 is 0. The second-order valence-electron chi connectivity index (χ2n) is 8.88. The van der Waals surface area contributed by atoms with Crippen molar-refractivity contribution >= 4 is 23.1 Å². The number of ether oxygens (including phenoxy) is 2. The molecule has 0 aromatic heterocycles. The first-order valence-corrected chi connectivity index (χ1v) is 12.2. The molecule has 0 saturated carbocycles. The van der Waals surface area contributed by atoms with Crippen molar-refractivity contribution in [2.45, 2.75) is 39.7 Å². The van der Waals surface area contributed by atoms with Gasteiger partial charge in [-0.15, -0.1) is 0 Å². The van der Waals surface area contributed by atoms with Crippen LogP contribution in [0.15, 0.2) is 78.4 Å². The lowest BCUT2D eigenvalue weighted by atomic mass is 9.94. The number of benzene rings is 3. The second-order valence-corrected chi connectivity index (χ2v) is 8.88. The lowest BCUT2D eigenvalue weighted by Crippen LogP contribution is -2.29. The van der Waals surface area contributed by atoms with E-state index in [9.17, 15) is 14.7 Å².